The summed E-state index contributed by atoms with van der Waals surface area (Å²) in [6.45, 7) is 16.6. The first-order valence-corrected chi connectivity index (χ1v) is 38.1. The van der Waals surface area contributed by atoms with Gasteiger partial charge in [0.05, 0.1) is 90.3 Å². The van der Waals surface area contributed by atoms with E-state index in [2.05, 4.69) is 0 Å². The van der Waals surface area contributed by atoms with E-state index in [1.807, 2.05) is 90.5 Å². The van der Waals surface area contributed by atoms with Crippen LogP contribution in [0.25, 0.3) is 28.1 Å². The van der Waals surface area contributed by atoms with Crippen molar-refractivity contribution in [3.05, 3.63) is 53.9 Å². The van der Waals surface area contributed by atoms with Crippen molar-refractivity contribution in [3.63, 3.8) is 0 Å². The molecule has 4 bridgehead atoms. The standard InChI is InChI=1S/C43H56F2N4O9S.C33H45N3O7/c1-7-11-26-34-23-49(36(26)32(50)22-43(21-28(43)37(44)45)40(53)48-59(54,55)42(5)16-17-42)39(52)27(41(2,3)4)20-35(51)57-33-18-24(33)12-9-8-10-13-30-38(58-34)47-31-19-25(56-6)14-15-29(31)46-30;1-6-10-21-27-18-36(29(21)32(39)40)31(38)22(33(2,3)4)17-28(37)42-26-15-19(26)11-8-7-9-12-24-30(43-27)35-25-16-20(41-5)13-14-23(25)34-24/h10,13-15,19,24,26-28,33-34,36-37H,7-9,11-12,16-18,20-23H2,1-6H3,(H,48,53);13-14,16,19,21-22,26-27,29H,6-12,15,17-18H2,1-5H3,(H,39,40)/b13-10+;/t24-,26-,27-,28+,33-,34+,36+,43-;19-,21-,22-,26-,27+,29+/m11/s1. The molecule has 6 fully saturated rings. The minimum atomic E-state index is -4.20. The van der Waals surface area contributed by atoms with Crippen LogP contribution in [-0.4, -0.2) is 160 Å². The molecular weight excluding hydrogens is 1340 g/mol. The number of carboxylic acids is 1. The van der Waals surface area contributed by atoms with Gasteiger partial charge >= 0.3 is 17.9 Å². The Labute approximate surface area is 596 Å². The van der Waals surface area contributed by atoms with Crippen molar-refractivity contribution in [2.45, 2.75) is 238 Å². The van der Waals surface area contributed by atoms with Crippen LogP contribution < -0.4 is 23.7 Å². The summed E-state index contributed by atoms with van der Waals surface area (Å²) in [5, 5.41) is 10.4. The number of nitrogens with one attached hydrogen (secondary N) is 1. The van der Waals surface area contributed by atoms with E-state index in [1.165, 1.54) is 16.7 Å². The lowest BCUT2D eigenvalue weighted by molar-refractivity contribution is -0.157. The fourth-order valence-corrected chi connectivity index (χ4v) is 17.0. The van der Waals surface area contributed by atoms with E-state index in [1.54, 1.807) is 32.4 Å². The molecule has 4 saturated carbocycles. The normalized spacial score (nSPS) is 30.1. The van der Waals surface area contributed by atoms with Crippen LogP contribution in [0.15, 0.2) is 42.5 Å². The van der Waals surface area contributed by atoms with Gasteiger partial charge in [-0.15, -0.1) is 0 Å². The van der Waals surface area contributed by atoms with Gasteiger partial charge in [0.1, 0.15) is 53.3 Å². The average Bonchev–Trinajstić information content (AvgIpc) is 1.56. The molecule has 0 spiro atoms. The Hall–Kier alpha value is -7.64. The molecule has 2 aromatic heterocycles. The third kappa shape index (κ3) is 16.6. The molecule has 3 amide bonds. The fourth-order valence-electron chi connectivity index (χ4n) is 15.6. The van der Waals surface area contributed by atoms with Gasteiger partial charge in [-0.3, -0.25) is 33.5 Å². The van der Waals surface area contributed by atoms with Crippen molar-refractivity contribution in [1.29, 1.82) is 0 Å². The van der Waals surface area contributed by atoms with Gasteiger partial charge in [0, 0.05) is 36.3 Å². The smallest absolute Gasteiger partial charge is 0.326 e. The van der Waals surface area contributed by atoms with Gasteiger partial charge in [-0.2, -0.15) is 0 Å². The molecule has 14 atom stereocenters. The predicted octanol–water partition coefficient (Wildman–Crippen LogP) is 11.6. The predicted molar refractivity (Wildman–Crippen MR) is 373 cm³/mol. The molecule has 2 N–H and O–H groups in total. The minimum absolute atomic E-state index is 0.0828. The van der Waals surface area contributed by atoms with Gasteiger partial charge in [0.15, 0.2) is 5.78 Å². The van der Waals surface area contributed by atoms with Crippen LogP contribution in [0, 0.1) is 57.7 Å². The number of fused-ring (bicyclic) bond motifs is 10. The van der Waals surface area contributed by atoms with Crippen LogP contribution in [0.5, 0.6) is 23.3 Å². The molecule has 8 aliphatic rings. The van der Waals surface area contributed by atoms with E-state index in [0.29, 0.717) is 84.1 Å². The maximum Gasteiger partial charge on any atom is 0.326 e. The highest BCUT2D eigenvalue weighted by atomic mass is 32.2. The Balaban J connectivity index is 0.000000215. The number of benzene rings is 2. The molecule has 102 heavy (non-hydrogen) atoms. The highest BCUT2D eigenvalue weighted by molar-refractivity contribution is 7.91. The van der Waals surface area contributed by atoms with Gasteiger partial charge in [0.25, 0.3) is 0 Å². The lowest BCUT2D eigenvalue weighted by atomic mass is 9.77. The van der Waals surface area contributed by atoms with Crippen molar-refractivity contribution in [2.75, 3.05) is 27.3 Å². The number of hydrogen-bond donors (Lipinski definition) is 2. The maximum atomic E-state index is 15.0. The number of amides is 3. The van der Waals surface area contributed by atoms with Gasteiger partial charge in [-0.25, -0.2) is 41.9 Å². The van der Waals surface area contributed by atoms with E-state index in [4.69, 9.17) is 48.4 Å². The van der Waals surface area contributed by atoms with E-state index in [9.17, 15) is 51.1 Å². The number of hydrogen-bond acceptors (Lipinski definition) is 19. The molecule has 556 valence electrons. The zero-order valence-corrected chi connectivity index (χ0v) is 61.5. The lowest BCUT2D eigenvalue weighted by Gasteiger charge is -2.35. The number of rotatable bonds is 14. The van der Waals surface area contributed by atoms with Gasteiger partial charge in [-0.1, -0.05) is 87.1 Å². The molecule has 2 aromatic carbocycles. The number of ether oxygens (including phenoxy) is 6. The number of sulfonamides is 1. The number of allylic oxidation sites excluding steroid dienone is 1. The third-order valence-electron chi connectivity index (χ3n) is 22.5. The fraction of sp³-hybridized carbons (Fsp3) is 0.671. The van der Waals surface area contributed by atoms with Crippen LogP contribution in [0.3, 0.4) is 0 Å². The SMILES string of the molecule is CCC[C@@H]1[C@@H]2CN(C(=O)[C@H](C(C)(C)C)CC(=O)O[C@@H]3C[C@H]3CCC/C=C/c3nc4ccc(OC)cc4nc3O2)[C@@H]1C(=O)C[C@]1(C(=O)NS(=O)(=O)C2(C)CC2)C[C@H]1C(F)F.CCC[C@@H]1[C@@H]2CN(C(=O)[C@H](C(C)(C)C)CC(=O)O[C@@H]3C[C@H]3CCCCCc3nc4ccc(OC)cc4nc3O2)[C@@H]1C(=O)O. The maximum absolute atomic E-state index is 15.0. The van der Waals surface area contributed by atoms with Crippen molar-refractivity contribution < 1.29 is 84.3 Å². The van der Waals surface area contributed by atoms with Crippen molar-refractivity contribution in [3.8, 4) is 23.3 Å². The second-order valence-corrected chi connectivity index (χ2v) is 34.3. The Morgan fingerprint density at radius 2 is 1.21 bits per heavy atom. The average molecular weight is 1440 g/mol. The number of Topliss-reactive ketones (excluding diaryl/α,β-unsaturated/α-hetero) is 1. The summed E-state index contributed by atoms with van der Waals surface area (Å²) in [5.41, 5.74) is 0.262. The molecule has 4 aliphatic heterocycles. The summed E-state index contributed by atoms with van der Waals surface area (Å²) in [5.74, 6) is -6.70. The highest BCUT2D eigenvalue weighted by Crippen LogP contribution is 2.60. The number of halogens is 2. The summed E-state index contributed by atoms with van der Waals surface area (Å²) in [6.07, 6.45) is 9.01. The van der Waals surface area contributed by atoms with Crippen molar-refractivity contribution >= 4 is 79.6 Å². The van der Waals surface area contributed by atoms with Crippen LogP contribution in [-0.2, 0) is 59.5 Å². The monoisotopic (exact) mass is 1440 g/mol. The van der Waals surface area contributed by atoms with Crippen LogP contribution in [0.1, 0.15) is 196 Å². The number of aryl methyl sites for hydroxylation is 1. The molecule has 4 aromatic rings. The Morgan fingerprint density at radius 1 is 0.686 bits per heavy atom. The number of carbonyl (C=O) groups is 7. The Morgan fingerprint density at radius 3 is 1.72 bits per heavy atom. The summed E-state index contributed by atoms with van der Waals surface area (Å²) in [6, 6.07) is 8.51. The topological polar surface area (TPSA) is 299 Å². The quantitative estimate of drug-likeness (QED) is 0.111. The Bertz CT molecular complexity index is 3990. The van der Waals surface area contributed by atoms with E-state index < -0.39 is 140 Å². The van der Waals surface area contributed by atoms with Crippen LogP contribution in [0.4, 0.5) is 8.78 Å². The molecule has 26 heteroatoms. The van der Waals surface area contributed by atoms with Crippen molar-refractivity contribution in [1.82, 2.24) is 34.5 Å². The third-order valence-corrected chi connectivity index (χ3v) is 24.7. The van der Waals surface area contributed by atoms with E-state index in [-0.39, 0.29) is 55.8 Å². The first-order valence-electron chi connectivity index (χ1n) is 36.6. The molecule has 0 radical (unpaired) electrons. The number of esters is 2. The Kier molecular flexibility index (Phi) is 22.4. The number of alkyl halides is 2. The summed E-state index contributed by atoms with van der Waals surface area (Å²) < 4.78 is 91.9. The number of methoxy groups -OCH3 is 2. The second kappa shape index (κ2) is 30.2. The van der Waals surface area contributed by atoms with E-state index in [0.717, 1.165) is 75.4 Å². The van der Waals surface area contributed by atoms with Gasteiger partial charge < -0.3 is 43.3 Å². The number of ketones is 1. The summed E-state index contributed by atoms with van der Waals surface area (Å²) >= 11 is 0. The van der Waals surface area contributed by atoms with Crippen molar-refractivity contribution in [2.24, 2.45) is 57.7 Å². The largest absolute Gasteiger partial charge is 0.497 e. The molecule has 4 aliphatic carbocycles. The molecule has 12 rings (SSSR count). The summed E-state index contributed by atoms with van der Waals surface area (Å²) in [4.78, 5) is 120. The van der Waals surface area contributed by atoms with Gasteiger partial charge in [0.2, 0.25) is 45.9 Å². The van der Waals surface area contributed by atoms with Gasteiger partial charge in [-0.05, 0) is 143 Å². The zero-order chi connectivity index (χ0) is 73.5. The second-order valence-electron chi connectivity index (χ2n) is 32.1. The van der Waals surface area contributed by atoms with E-state index >= 15 is 4.79 Å². The molecule has 23 nitrogen and oxygen atoms in total. The number of nitrogens with zero attached hydrogens (tertiary/aromatic N) is 6. The van der Waals surface area contributed by atoms with Crippen LogP contribution in [0.2, 0.25) is 0 Å². The first kappa shape index (κ1) is 75.5. The first-order chi connectivity index (χ1) is 48.3. The molecular formula is C76H101F2N7O16S. The summed E-state index contributed by atoms with van der Waals surface area (Å²) in [7, 11) is -1.07. The van der Waals surface area contributed by atoms with Crippen LogP contribution >= 0.6 is 0 Å². The molecule has 2 saturated heterocycles. The number of aliphatic carboxylic acids is 1. The zero-order valence-electron chi connectivity index (χ0n) is 60.7. The lowest BCUT2D eigenvalue weighted by Crippen LogP contribution is -2.50. The molecule has 0 unspecified atom stereocenters. The number of carboxylic acid groups (broad SMARTS) is 1. The molecule has 6 heterocycles. The number of aromatic nitrogens is 4. The minimum Gasteiger partial charge on any atom is -0.497 e. The highest BCUT2D eigenvalue weighted by Gasteiger charge is 2.67. The number of carbonyl (C=O) groups excluding carboxylic acids is 6.